The molecular formula is C14H16FN3O2. The Labute approximate surface area is 116 Å². The fraction of sp³-hybridized carbons (Fsp3) is 0.429. The quantitative estimate of drug-likeness (QED) is 0.883. The van der Waals surface area contributed by atoms with E-state index in [0.29, 0.717) is 36.1 Å². The third-order valence-corrected chi connectivity index (χ3v) is 3.57. The van der Waals surface area contributed by atoms with E-state index in [1.807, 2.05) is 11.0 Å². The minimum Gasteiger partial charge on any atom is -0.473 e. The van der Waals surface area contributed by atoms with Gasteiger partial charge in [0.1, 0.15) is 12.3 Å². The molecule has 1 aliphatic heterocycles. The third-order valence-electron chi connectivity index (χ3n) is 3.57. The number of carbonyl (C=O) groups is 1. The van der Waals surface area contributed by atoms with Gasteiger partial charge in [-0.15, -0.1) is 0 Å². The second kappa shape index (κ2) is 5.20. The number of hydrogen-bond donors (Lipinski definition) is 1. The number of amides is 1. The van der Waals surface area contributed by atoms with Crippen molar-refractivity contribution in [2.24, 2.45) is 5.73 Å². The Balaban J connectivity index is 1.72. The molecule has 1 amide bonds. The van der Waals surface area contributed by atoms with Crippen LogP contribution in [-0.4, -0.2) is 35.0 Å². The van der Waals surface area contributed by atoms with Crippen LogP contribution in [0.1, 0.15) is 28.9 Å². The Morgan fingerprint density at radius 2 is 2.35 bits per heavy atom. The van der Waals surface area contributed by atoms with Crippen LogP contribution >= 0.6 is 0 Å². The normalized spacial score (nSPS) is 18.4. The van der Waals surface area contributed by atoms with Crippen LogP contribution in [-0.2, 0) is 6.54 Å². The average Bonchev–Trinajstić information content (AvgIpc) is 3.26. The number of hydrogen-bond acceptors (Lipinski definition) is 4. The summed E-state index contributed by atoms with van der Waals surface area (Å²) in [6.45, 7) is 0.764. The highest BCUT2D eigenvalue weighted by Crippen LogP contribution is 2.34. The Hall–Kier alpha value is -1.95. The Kier molecular flexibility index (Phi) is 3.40. The molecule has 0 aromatic carbocycles. The van der Waals surface area contributed by atoms with E-state index in [4.69, 9.17) is 10.5 Å². The van der Waals surface area contributed by atoms with Crippen LogP contribution < -0.4 is 10.5 Å². The largest absolute Gasteiger partial charge is 0.473 e. The van der Waals surface area contributed by atoms with E-state index < -0.39 is 0 Å². The first-order valence-electron chi connectivity index (χ1n) is 6.65. The van der Waals surface area contributed by atoms with Crippen LogP contribution in [0.2, 0.25) is 0 Å². The number of halogens is 1. The lowest BCUT2D eigenvalue weighted by Gasteiger charge is -2.12. The van der Waals surface area contributed by atoms with Crippen molar-refractivity contribution in [3.63, 3.8) is 0 Å². The molecule has 106 valence electrons. The highest BCUT2D eigenvalue weighted by Gasteiger charge is 2.39. The van der Waals surface area contributed by atoms with Gasteiger partial charge in [-0.25, -0.2) is 9.37 Å². The van der Waals surface area contributed by atoms with Gasteiger partial charge in [-0.3, -0.25) is 4.79 Å². The first-order valence-corrected chi connectivity index (χ1v) is 6.65. The molecule has 1 aliphatic carbocycles. The zero-order valence-corrected chi connectivity index (χ0v) is 11.0. The number of nitrogens with two attached hydrogens (primary N) is 1. The summed E-state index contributed by atoms with van der Waals surface area (Å²) < 4.78 is 17.8. The Morgan fingerprint density at radius 1 is 1.55 bits per heavy atom. The number of aromatic nitrogens is 1. The maximum atomic E-state index is 12.4. The number of nitrogens with zero attached hydrogens (tertiary/aromatic N) is 2. The molecule has 0 atom stereocenters. The van der Waals surface area contributed by atoms with Gasteiger partial charge in [-0.05, 0) is 18.9 Å². The van der Waals surface area contributed by atoms with Gasteiger partial charge in [-0.1, -0.05) is 0 Å². The lowest BCUT2D eigenvalue weighted by atomic mass is 10.2. The molecule has 1 aromatic heterocycles. The van der Waals surface area contributed by atoms with E-state index in [0.717, 1.165) is 18.4 Å². The molecule has 5 nitrogen and oxygen atoms in total. The lowest BCUT2D eigenvalue weighted by Crippen LogP contribution is -2.26. The summed E-state index contributed by atoms with van der Waals surface area (Å²) in [5, 5.41) is 0. The molecule has 2 heterocycles. The number of rotatable bonds is 5. The van der Waals surface area contributed by atoms with E-state index in [1.54, 1.807) is 6.07 Å². The van der Waals surface area contributed by atoms with Crippen LogP contribution in [0, 0.1) is 0 Å². The van der Waals surface area contributed by atoms with Crippen molar-refractivity contribution >= 4 is 5.91 Å². The van der Waals surface area contributed by atoms with Gasteiger partial charge in [0.05, 0.1) is 6.33 Å². The van der Waals surface area contributed by atoms with E-state index in [9.17, 15) is 9.18 Å². The first kappa shape index (κ1) is 13.1. The molecule has 20 heavy (non-hydrogen) atoms. The van der Waals surface area contributed by atoms with Gasteiger partial charge in [0, 0.05) is 36.3 Å². The molecule has 2 aliphatic rings. The maximum absolute atomic E-state index is 12.4. The molecular weight excluding hydrogens is 261 g/mol. The highest BCUT2D eigenvalue weighted by atomic mass is 19.1. The fourth-order valence-corrected chi connectivity index (χ4v) is 2.24. The van der Waals surface area contributed by atoms with Crippen molar-refractivity contribution in [2.45, 2.75) is 25.4 Å². The third kappa shape index (κ3) is 2.38. The molecule has 1 fully saturated rings. The number of pyridine rings is 1. The zero-order valence-electron chi connectivity index (χ0n) is 11.0. The number of carbonyl (C=O) groups excluding carboxylic acids is 1. The SMILES string of the molecule is NCC(=CF)COc1ccc2c(n1)C(=O)N(C1CC1)C2. The van der Waals surface area contributed by atoms with Gasteiger partial charge >= 0.3 is 0 Å². The highest BCUT2D eigenvalue weighted by molar-refractivity contribution is 5.97. The molecule has 0 bridgehead atoms. The molecule has 1 aromatic rings. The molecule has 3 rings (SSSR count). The Morgan fingerprint density at radius 3 is 3.00 bits per heavy atom. The zero-order chi connectivity index (χ0) is 14.1. The van der Waals surface area contributed by atoms with Gasteiger partial charge in [0.25, 0.3) is 5.91 Å². The molecule has 0 unspecified atom stereocenters. The molecule has 0 radical (unpaired) electrons. The van der Waals surface area contributed by atoms with Crippen LogP contribution in [0.15, 0.2) is 24.0 Å². The smallest absolute Gasteiger partial charge is 0.273 e. The van der Waals surface area contributed by atoms with Gasteiger partial charge in [0.2, 0.25) is 5.88 Å². The first-order chi connectivity index (χ1) is 9.72. The summed E-state index contributed by atoms with van der Waals surface area (Å²) in [6, 6.07) is 3.92. The summed E-state index contributed by atoms with van der Waals surface area (Å²) >= 11 is 0. The van der Waals surface area contributed by atoms with Crippen molar-refractivity contribution < 1.29 is 13.9 Å². The molecule has 6 heteroatoms. The summed E-state index contributed by atoms with van der Waals surface area (Å²) in [5.41, 5.74) is 7.07. The summed E-state index contributed by atoms with van der Waals surface area (Å²) in [6.07, 6.45) is 2.59. The van der Waals surface area contributed by atoms with Crippen molar-refractivity contribution in [2.75, 3.05) is 13.2 Å². The van der Waals surface area contributed by atoms with E-state index in [-0.39, 0.29) is 19.1 Å². The standard InChI is InChI=1S/C14H16FN3O2/c15-5-9(6-16)8-20-12-4-1-10-7-18(11-2-3-11)14(19)13(10)17-12/h1,4-5,11H,2-3,6-8,16H2. The van der Waals surface area contributed by atoms with Gasteiger partial charge < -0.3 is 15.4 Å². The predicted molar refractivity (Wildman–Crippen MR) is 70.9 cm³/mol. The predicted octanol–water partition coefficient (Wildman–Crippen LogP) is 1.39. The van der Waals surface area contributed by atoms with E-state index in [1.165, 1.54) is 0 Å². The summed E-state index contributed by atoms with van der Waals surface area (Å²) in [4.78, 5) is 18.3. The van der Waals surface area contributed by atoms with Crippen LogP contribution in [0.5, 0.6) is 5.88 Å². The van der Waals surface area contributed by atoms with Gasteiger partial charge in [-0.2, -0.15) is 0 Å². The number of ether oxygens (including phenoxy) is 1. The monoisotopic (exact) mass is 277 g/mol. The Bertz CT molecular complexity index is 570. The lowest BCUT2D eigenvalue weighted by molar-refractivity contribution is 0.0761. The summed E-state index contributed by atoms with van der Waals surface area (Å²) in [7, 11) is 0. The van der Waals surface area contributed by atoms with Crippen LogP contribution in [0.3, 0.4) is 0 Å². The minimum absolute atomic E-state index is 0.0342. The second-order valence-corrected chi connectivity index (χ2v) is 5.08. The van der Waals surface area contributed by atoms with Crippen molar-refractivity contribution in [1.29, 1.82) is 0 Å². The minimum atomic E-state index is -0.0342. The molecule has 1 saturated carbocycles. The van der Waals surface area contributed by atoms with Crippen LogP contribution in [0.25, 0.3) is 0 Å². The topological polar surface area (TPSA) is 68.5 Å². The van der Waals surface area contributed by atoms with Crippen LogP contribution in [0.4, 0.5) is 4.39 Å². The number of fused-ring (bicyclic) bond motifs is 1. The molecule has 0 spiro atoms. The summed E-state index contributed by atoms with van der Waals surface area (Å²) in [5.74, 6) is 0.288. The van der Waals surface area contributed by atoms with Gasteiger partial charge in [0.15, 0.2) is 0 Å². The van der Waals surface area contributed by atoms with Crippen molar-refractivity contribution in [3.05, 3.63) is 35.3 Å². The average molecular weight is 277 g/mol. The second-order valence-electron chi connectivity index (χ2n) is 5.08. The van der Waals surface area contributed by atoms with E-state index >= 15 is 0 Å². The fourth-order valence-electron chi connectivity index (χ4n) is 2.24. The van der Waals surface area contributed by atoms with Crippen molar-refractivity contribution in [1.82, 2.24) is 9.88 Å². The molecule has 2 N–H and O–H groups in total. The van der Waals surface area contributed by atoms with Crippen molar-refractivity contribution in [3.8, 4) is 5.88 Å². The van der Waals surface area contributed by atoms with E-state index in [2.05, 4.69) is 4.98 Å². The molecule has 0 saturated heterocycles. The maximum Gasteiger partial charge on any atom is 0.273 e.